The zero-order valence-corrected chi connectivity index (χ0v) is 36.1. The SMILES string of the molecule is CCCCC/C=C\C/C=C\C/C=C\CCCCCCCCC(=O)OC(COC(=O)CCCCCCCCCCCCC)COC(OCC[N+](C)(C)C)C(=O)O. The number of carboxylic acid groups (broad SMARTS) is 1. The molecule has 0 aliphatic rings. The summed E-state index contributed by atoms with van der Waals surface area (Å²) >= 11 is 0. The minimum absolute atomic E-state index is 0.185. The zero-order valence-electron chi connectivity index (χ0n) is 36.1. The van der Waals surface area contributed by atoms with Crippen LogP contribution in [0.4, 0.5) is 0 Å². The maximum absolute atomic E-state index is 12.7. The van der Waals surface area contributed by atoms with Crippen molar-refractivity contribution in [1.82, 2.24) is 0 Å². The number of quaternary nitrogens is 1. The normalized spacial score (nSPS) is 13.3. The van der Waals surface area contributed by atoms with Crippen molar-refractivity contribution < 1.29 is 42.9 Å². The number of allylic oxidation sites excluding steroid dienone is 6. The molecule has 0 aliphatic heterocycles. The second kappa shape index (κ2) is 38.4. The van der Waals surface area contributed by atoms with E-state index in [1.54, 1.807) is 0 Å². The van der Waals surface area contributed by atoms with Gasteiger partial charge in [0.2, 0.25) is 0 Å². The van der Waals surface area contributed by atoms with Crippen LogP contribution in [-0.4, -0.2) is 87.4 Å². The molecule has 0 aromatic rings. The first-order valence-electron chi connectivity index (χ1n) is 22.2. The van der Waals surface area contributed by atoms with Gasteiger partial charge in [-0.3, -0.25) is 9.59 Å². The lowest BCUT2D eigenvalue weighted by Gasteiger charge is -2.25. The van der Waals surface area contributed by atoms with Crippen molar-refractivity contribution in [2.75, 3.05) is 47.5 Å². The summed E-state index contributed by atoms with van der Waals surface area (Å²) in [6.07, 6.45) is 39.1. The second-order valence-corrected chi connectivity index (χ2v) is 16.0. The fraction of sp³-hybridized carbons (Fsp3) is 0.804. The molecule has 1 N–H and O–H groups in total. The number of carbonyl (C=O) groups excluding carboxylic acids is 2. The van der Waals surface area contributed by atoms with Gasteiger partial charge >= 0.3 is 17.9 Å². The first kappa shape index (κ1) is 52.5. The number of rotatable bonds is 40. The van der Waals surface area contributed by atoms with Gasteiger partial charge in [-0.05, 0) is 51.4 Å². The number of hydrogen-bond donors (Lipinski definition) is 1. The molecule has 9 heteroatoms. The van der Waals surface area contributed by atoms with E-state index in [1.807, 2.05) is 21.1 Å². The van der Waals surface area contributed by atoms with Gasteiger partial charge in [-0.25, -0.2) is 4.79 Å². The maximum atomic E-state index is 12.7. The first-order valence-corrected chi connectivity index (χ1v) is 22.2. The van der Waals surface area contributed by atoms with Crippen LogP contribution in [0.5, 0.6) is 0 Å². The largest absolute Gasteiger partial charge is 0.477 e. The third kappa shape index (κ3) is 39.5. The molecule has 0 spiro atoms. The highest BCUT2D eigenvalue weighted by molar-refractivity contribution is 5.71. The Morgan fingerprint density at radius 3 is 1.49 bits per heavy atom. The van der Waals surface area contributed by atoms with Gasteiger partial charge in [0.15, 0.2) is 6.10 Å². The van der Waals surface area contributed by atoms with Crippen molar-refractivity contribution >= 4 is 17.9 Å². The minimum atomic E-state index is -1.51. The van der Waals surface area contributed by atoms with Gasteiger partial charge in [0.25, 0.3) is 6.29 Å². The van der Waals surface area contributed by atoms with Crippen LogP contribution in [0.1, 0.15) is 181 Å². The summed E-state index contributed by atoms with van der Waals surface area (Å²) in [5, 5.41) is 9.62. The molecule has 9 nitrogen and oxygen atoms in total. The van der Waals surface area contributed by atoms with E-state index >= 15 is 0 Å². The number of carbonyl (C=O) groups is 3. The monoisotopic (exact) mass is 779 g/mol. The topological polar surface area (TPSA) is 108 Å². The van der Waals surface area contributed by atoms with Crippen LogP contribution < -0.4 is 0 Å². The molecule has 0 fully saturated rings. The number of ether oxygens (including phenoxy) is 4. The quantitative estimate of drug-likeness (QED) is 0.0215. The van der Waals surface area contributed by atoms with Crippen molar-refractivity contribution in [3.63, 3.8) is 0 Å². The van der Waals surface area contributed by atoms with E-state index < -0.39 is 24.3 Å². The van der Waals surface area contributed by atoms with Gasteiger partial charge in [-0.1, -0.05) is 153 Å². The Kier molecular flexibility index (Phi) is 36.6. The molecule has 0 saturated heterocycles. The number of unbranched alkanes of at least 4 members (excludes halogenated alkanes) is 19. The summed E-state index contributed by atoms with van der Waals surface area (Å²) in [4.78, 5) is 37.0. The molecule has 0 rings (SSSR count). The molecule has 0 radical (unpaired) electrons. The van der Waals surface area contributed by atoms with Crippen LogP contribution in [0.25, 0.3) is 0 Å². The number of hydrogen-bond acceptors (Lipinski definition) is 7. The Morgan fingerprint density at radius 2 is 0.982 bits per heavy atom. The number of esters is 2. The van der Waals surface area contributed by atoms with Gasteiger partial charge in [-0.2, -0.15) is 0 Å². The number of aliphatic carboxylic acids is 1. The lowest BCUT2D eigenvalue weighted by atomic mass is 10.1. The van der Waals surface area contributed by atoms with Crippen LogP contribution in [0.2, 0.25) is 0 Å². The Morgan fingerprint density at radius 1 is 0.545 bits per heavy atom. The Hall–Kier alpha value is -2.49. The summed E-state index contributed by atoms with van der Waals surface area (Å²) in [7, 11) is 5.95. The van der Waals surface area contributed by atoms with E-state index in [0.29, 0.717) is 23.9 Å². The van der Waals surface area contributed by atoms with E-state index in [-0.39, 0.29) is 32.2 Å². The molecule has 0 heterocycles. The van der Waals surface area contributed by atoms with Gasteiger partial charge in [0.05, 0.1) is 34.4 Å². The van der Waals surface area contributed by atoms with Crippen LogP contribution in [0.3, 0.4) is 0 Å². The molecular formula is C46H84NO8+. The van der Waals surface area contributed by atoms with Gasteiger partial charge < -0.3 is 28.5 Å². The molecule has 2 atom stereocenters. The Balaban J connectivity index is 4.45. The summed E-state index contributed by atoms with van der Waals surface area (Å²) in [5.41, 5.74) is 0. The molecule has 0 aliphatic carbocycles. The van der Waals surface area contributed by atoms with Gasteiger partial charge in [0.1, 0.15) is 13.2 Å². The van der Waals surface area contributed by atoms with E-state index in [4.69, 9.17) is 18.9 Å². The van der Waals surface area contributed by atoms with Crippen molar-refractivity contribution in [2.24, 2.45) is 0 Å². The highest BCUT2D eigenvalue weighted by Crippen LogP contribution is 2.14. The average molecular weight is 779 g/mol. The number of carboxylic acids is 1. The summed E-state index contributed by atoms with van der Waals surface area (Å²) in [5.74, 6) is -2.02. The lowest BCUT2D eigenvalue weighted by Crippen LogP contribution is -2.40. The Bertz CT molecular complexity index is 1000. The third-order valence-electron chi connectivity index (χ3n) is 9.40. The molecule has 55 heavy (non-hydrogen) atoms. The predicted molar refractivity (Wildman–Crippen MR) is 226 cm³/mol. The minimum Gasteiger partial charge on any atom is -0.477 e. The molecule has 0 saturated carbocycles. The lowest BCUT2D eigenvalue weighted by molar-refractivity contribution is -0.870. The van der Waals surface area contributed by atoms with Crippen molar-refractivity contribution in [2.45, 2.75) is 193 Å². The number of nitrogens with zero attached hydrogens (tertiary/aromatic N) is 1. The molecule has 320 valence electrons. The highest BCUT2D eigenvalue weighted by Gasteiger charge is 2.25. The van der Waals surface area contributed by atoms with Gasteiger partial charge in [0, 0.05) is 12.8 Å². The van der Waals surface area contributed by atoms with E-state index in [2.05, 4.69) is 50.3 Å². The van der Waals surface area contributed by atoms with Crippen LogP contribution in [0.15, 0.2) is 36.5 Å². The van der Waals surface area contributed by atoms with Crippen LogP contribution in [0, 0.1) is 0 Å². The first-order chi connectivity index (χ1) is 26.6. The molecule has 0 bridgehead atoms. The Labute approximate surface area is 337 Å². The molecular weight excluding hydrogens is 695 g/mol. The van der Waals surface area contributed by atoms with E-state index in [9.17, 15) is 19.5 Å². The van der Waals surface area contributed by atoms with E-state index in [0.717, 1.165) is 57.8 Å². The number of likely N-dealkylation sites (N-methyl/N-ethyl adjacent to an activating group) is 1. The average Bonchev–Trinajstić information content (AvgIpc) is 3.14. The summed E-state index contributed by atoms with van der Waals surface area (Å²) in [6.45, 7) is 4.81. The molecule has 0 aromatic carbocycles. The van der Waals surface area contributed by atoms with Crippen LogP contribution in [-0.2, 0) is 33.3 Å². The van der Waals surface area contributed by atoms with Gasteiger partial charge in [-0.15, -0.1) is 0 Å². The summed E-state index contributed by atoms with van der Waals surface area (Å²) < 4.78 is 22.7. The highest BCUT2D eigenvalue weighted by atomic mass is 16.7. The fourth-order valence-corrected chi connectivity index (χ4v) is 5.90. The maximum Gasteiger partial charge on any atom is 0.361 e. The molecule has 0 aromatic heterocycles. The fourth-order valence-electron chi connectivity index (χ4n) is 5.90. The van der Waals surface area contributed by atoms with Crippen molar-refractivity contribution in [3.05, 3.63) is 36.5 Å². The van der Waals surface area contributed by atoms with Crippen molar-refractivity contribution in [1.29, 1.82) is 0 Å². The molecule has 0 amide bonds. The standard InChI is InChI=1S/C46H83NO8/c1-6-8-10-12-14-16-18-19-20-21-22-23-24-25-27-29-31-33-35-37-44(49)55-42(41-54-46(45(50)51)52-39-38-47(3,4)5)40-53-43(48)36-34-32-30-28-26-17-15-13-11-9-7-2/h14,16,19-20,22-23,42,46H,6-13,15,17-18,21,24-41H2,1-5H3/p+1/b16-14-,20-19-,23-22-. The van der Waals surface area contributed by atoms with Crippen molar-refractivity contribution in [3.8, 4) is 0 Å². The zero-order chi connectivity index (χ0) is 40.7. The van der Waals surface area contributed by atoms with E-state index in [1.165, 1.54) is 89.9 Å². The second-order valence-electron chi connectivity index (χ2n) is 16.0. The smallest absolute Gasteiger partial charge is 0.361 e. The van der Waals surface area contributed by atoms with Crippen LogP contribution >= 0.6 is 0 Å². The molecule has 2 unspecified atom stereocenters. The predicted octanol–water partition coefficient (Wildman–Crippen LogP) is 11.4. The third-order valence-corrected chi connectivity index (χ3v) is 9.40. The summed E-state index contributed by atoms with van der Waals surface area (Å²) in [6, 6.07) is 0.